The fourth-order valence-electron chi connectivity index (χ4n) is 4.90. The van der Waals surface area contributed by atoms with Crippen molar-refractivity contribution in [2.24, 2.45) is 0 Å². The molecule has 0 bridgehead atoms. The number of hydrogen-bond acceptors (Lipinski definition) is 10. The number of aromatic amines is 1. The van der Waals surface area contributed by atoms with Gasteiger partial charge >= 0.3 is 0 Å². The first-order valence-corrected chi connectivity index (χ1v) is 13.8. The van der Waals surface area contributed by atoms with Gasteiger partial charge in [-0.1, -0.05) is 22.4 Å². The molecule has 4 aromatic rings. The number of ether oxygens (including phenoxy) is 6. The minimum absolute atomic E-state index is 0.235. The minimum Gasteiger partial charge on any atom is -0.493 e. The van der Waals surface area contributed by atoms with Gasteiger partial charge in [-0.05, 0) is 73.4 Å². The lowest BCUT2D eigenvalue weighted by atomic mass is 9.96. The van der Waals surface area contributed by atoms with Gasteiger partial charge in [0.25, 0.3) is 5.91 Å². The monoisotopic (exact) mass is 609 g/mol. The van der Waals surface area contributed by atoms with E-state index in [0.29, 0.717) is 65.0 Å². The third-order valence-corrected chi connectivity index (χ3v) is 7.26. The third-order valence-electron chi connectivity index (χ3n) is 6.99. The van der Waals surface area contributed by atoms with Gasteiger partial charge in [0.05, 0.1) is 48.3 Å². The van der Waals surface area contributed by atoms with Gasteiger partial charge in [0.1, 0.15) is 0 Å². The number of H-pyrrole nitrogens is 1. The van der Waals surface area contributed by atoms with Crippen LogP contribution in [0.3, 0.4) is 0 Å². The number of amides is 1. The second-order valence-corrected chi connectivity index (χ2v) is 9.73. The Bertz CT molecular complexity index is 1600. The Labute approximate surface area is 254 Å². The van der Waals surface area contributed by atoms with Gasteiger partial charge in [-0.25, -0.2) is 4.68 Å². The summed E-state index contributed by atoms with van der Waals surface area (Å²) in [6.45, 7) is 0. The summed E-state index contributed by atoms with van der Waals surface area (Å²) in [4.78, 5) is 13.5. The maximum Gasteiger partial charge on any atom is 0.251 e. The van der Waals surface area contributed by atoms with Crippen molar-refractivity contribution in [1.29, 1.82) is 0 Å². The normalized spacial score (nSPS) is 11.4. The van der Waals surface area contributed by atoms with Crippen molar-refractivity contribution in [2.75, 3.05) is 42.7 Å². The fraction of sp³-hybridized carbons (Fsp3) is 0.333. The molecule has 1 atom stereocenters. The number of rotatable bonds is 14. The Hall–Kier alpha value is -4.78. The summed E-state index contributed by atoms with van der Waals surface area (Å²) in [5.41, 5.74) is 2.95. The summed E-state index contributed by atoms with van der Waals surface area (Å²) in [6, 6.07) is 14.2. The highest BCUT2D eigenvalue weighted by molar-refractivity contribution is 7.71. The molecular formula is C30H35N5O7S. The van der Waals surface area contributed by atoms with Crippen molar-refractivity contribution in [3.8, 4) is 40.2 Å². The maximum atomic E-state index is 13.5. The van der Waals surface area contributed by atoms with Crippen LogP contribution in [0.1, 0.15) is 27.9 Å². The number of carbonyl (C=O) groups is 1. The number of nitrogens with one attached hydrogen (secondary N) is 2. The molecule has 4 rings (SSSR count). The average molecular weight is 610 g/mol. The number of aryl methyl sites for hydroxylation is 1. The van der Waals surface area contributed by atoms with Crippen LogP contribution in [0, 0.1) is 4.77 Å². The Morgan fingerprint density at radius 2 is 1.35 bits per heavy atom. The van der Waals surface area contributed by atoms with Gasteiger partial charge in [-0.15, -0.1) is 0 Å². The van der Waals surface area contributed by atoms with Gasteiger partial charge in [-0.3, -0.25) is 4.79 Å². The second kappa shape index (κ2) is 14.4. The van der Waals surface area contributed by atoms with Gasteiger partial charge in [0, 0.05) is 17.2 Å². The minimum atomic E-state index is -0.303. The predicted molar refractivity (Wildman–Crippen MR) is 162 cm³/mol. The molecule has 2 N–H and O–H groups in total. The van der Waals surface area contributed by atoms with Crippen LogP contribution in [0.5, 0.6) is 34.5 Å². The molecule has 1 heterocycles. The molecule has 1 unspecified atom stereocenters. The maximum absolute atomic E-state index is 13.5. The summed E-state index contributed by atoms with van der Waals surface area (Å²) >= 11 is 5.17. The van der Waals surface area contributed by atoms with Crippen LogP contribution in [0.2, 0.25) is 0 Å². The van der Waals surface area contributed by atoms with Gasteiger partial charge in [0.15, 0.2) is 23.0 Å². The summed E-state index contributed by atoms with van der Waals surface area (Å²) < 4.78 is 35.3. The molecule has 0 radical (unpaired) electrons. The molecule has 12 nitrogen and oxygen atoms in total. The highest BCUT2D eigenvalue weighted by Gasteiger charge is 2.23. The van der Waals surface area contributed by atoms with Crippen molar-refractivity contribution < 1.29 is 33.2 Å². The van der Waals surface area contributed by atoms with Crippen LogP contribution in [0.15, 0.2) is 48.5 Å². The summed E-state index contributed by atoms with van der Waals surface area (Å²) in [6.07, 6.45) is 1.61. The zero-order chi connectivity index (χ0) is 30.9. The van der Waals surface area contributed by atoms with E-state index in [-0.39, 0.29) is 16.7 Å². The molecule has 0 saturated heterocycles. The van der Waals surface area contributed by atoms with E-state index >= 15 is 0 Å². The number of aromatic nitrogens is 4. The molecule has 1 aromatic heterocycles. The van der Waals surface area contributed by atoms with Gasteiger partial charge in [-0.2, -0.15) is 5.21 Å². The smallest absolute Gasteiger partial charge is 0.251 e. The molecule has 0 aliphatic heterocycles. The fourth-order valence-corrected chi connectivity index (χ4v) is 5.09. The van der Waals surface area contributed by atoms with E-state index in [4.69, 9.17) is 40.6 Å². The second-order valence-electron chi connectivity index (χ2n) is 9.36. The first kappa shape index (κ1) is 31.2. The molecule has 43 heavy (non-hydrogen) atoms. The molecule has 0 aliphatic carbocycles. The van der Waals surface area contributed by atoms with E-state index < -0.39 is 0 Å². The van der Waals surface area contributed by atoms with Crippen molar-refractivity contribution in [3.63, 3.8) is 0 Å². The summed E-state index contributed by atoms with van der Waals surface area (Å²) in [7, 11) is 9.43. The predicted octanol–water partition coefficient (Wildman–Crippen LogP) is 4.35. The molecule has 0 saturated carbocycles. The quantitative estimate of drug-likeness (QED) is 0.199. The van der Waals surface area contributed by atoms with Crippen molar-refractivity contribution >= 4 is 18.1 Å². The van der Waals surface area contributed by atoms with Crippen LogP contribution in [-0.4, -0.2) is 74.8 Å². The molecule has 0 fully saturated rings. The highest BCUT2D eigenvalue weighted by atomic mass is 32.1. The van der Waals surface area contributed by atoms with Crippen LogP contribution >= 0.6 is 12.2 Å². The Balaban J connectivity index is 1.63. The van der Waals surface area contributed by atoms with Gasteiger partial charge in [0.2, 0.25) is 16.3 Å². The number of nitrogens with zero attached hydrogens (tertiary/aromatic N) is 3. The molecule has 0 aliphatic rings. The van der Waals surface area contributed by atoms with E-state index in [1.54, 1.807) is 71.6 Å². The van der Waals surface area contributed by atoms with Crippen molar-refractivity contribution in [3.05, 3.63) is 70.0 Å². The van der Waals surface area contributed by atoms with Crippen LogP contribution in [0.25, 0.3) is 5.69 Å². The average Bonchev–Trinajstić information content (AvgIpc) is 3.48. The van der Waals surface area contributed by atoms with E-state index in [2.05, 4.69) is 20.8 Å². The van der Waals surface area contributed by atoms with Crippen LogP contribution in [0.4, 0.5) is 0 Å². The topological polar surface area (TPSA) is 131 Å². The zero-order valence-corrected chi connectivity index (χ0v) is 25.7. The third kappa shape index (κ3) is 6.83. The molecule has 228 valence electrons. The van der Waals surface area contributed by atoms with E-state index in [1.165, 1.54) is 0 Å². The highest BCUT2D eigenvalue weighted by Crippen LogP contribution is 2.42. The zero-order valence-electron chi connectivity index (χ0n) is 24.9. The Kier molecular flexibility index (Phi) is 10.4. The Morgan fingerprint density at radius 1 is 0.791 bits per heavy atom. The number of benzene rings is 3. The van der Waals surface area contributed by atoms with E-state index in [1.807, 2.05) is 24.3 Å². The van der Waals surface area contributed by atoms with Crippen LogP contribution in [-0.2, 0) is 12.8 Å². The molecular weight excluding hydrogens is 574 g/mol. The SMILES string of the molecule is COc1ccc(CCC(Cc2ccc(OC)c(OC)c2OC)NC(=O)c2ccc(-n3[nH]nnc3=S)cc2)c(OC)c1OC. The van der Waals surface area contributed by atoms with Gasteiger partial charge < -0.3 is 33.7 Å². The first-order valence-electron chi connectivity index (χ1n) is 13.4. The number of methoxy groups -OCH3 is 6. The van der Waals surface area contributed by atoms with Crippen LogP contribution < -0.4 is 33.7 Å². The van der Waals surface area contributed by atoms with Crippen molar-refractivity contribution in [1.82, 2.24) is 25.5 Å². The molecule has 13 heteroatoms. The van der Waals surface area contributed by atoms with E-state index in [0.717, 1.165) is 11.1 Å². The lowest BCUT2D eigenvalue weighted by Gasteiger charge is -2.23. The lowest BCUT2D eigenvalue weighted by Crippen LogP contribution is -2.37. The molecule has 1 amide bonds. The number of tetrazole rings is 1. The molecule has 0 spiro atoms. The summed E-state index contributed by atoms with van der Waals surface area (Å²) in [5, 5.41) is 13.4. The largest absolute Gasteiger partial charge is 0.493 e. The standard InChI is InChI=1S/C30H35N5O7S/c1-37-23-15-10-18(25(39-3)27(23)41-5)7-12-21(17-20-11-16-24(38-2)28(42-6)26(20)40-4)31-29(36)19-8-13-22(14-9-19)35-30(43)32-33-34-35/h8-11,13-16,21H,7,12,17H2,1-6H3,(H,31,36)(H,32,34,43). The Morgan fingerprint density at radius 3 is 1.86 bits per heavy atom. The first-order chi connectivity index (χ1) is 20.9. The van der Waals surface area contributed by atoms with Crippen molar-refractivity contribution in [2.45, 2.75) is 25.3 Å². The number of hydrogen-bond donors (Lipinski definition) is 2. The van der Waals surface area contributed by atoms with E-state index in [9.17, 15) is 4.79 Å². The number of carbonyl (C=O) groups excluding carboxylic acids is 1. The summed E-state index contributed by atoms with van der Waals surface area (Å²) in [5.74, 6) is 3.00. The lowest BCUT2D eigenvalue weighted by molar-refractivity contribution is 0.0934. The molecule has 3 aromatic carbocycles.